The number of aryl methyl sites for hydroxylation is 2. The molecule has 1 aromatic carbocycles. The second-order valence-corrected chi connectivity index (χ2v) is 5.43. The molecule has 0 radical (unpaired) electrons. The third-order valence-electron chi connectivity index (χ3n) is 4.10. The lowest BCUT2D eigenvalue weighted by molar-refractivity contribution is 0.816. The molecule has 16 heavy (non-hydrogen) atoms. The van der Waals surface area contributed by atoms with Crippen molar-refractivity contribution in [3.63, 3.8) is 0 Å². The first-order valence-electron chi connectivity index (χ1n) is 6.43. The van der Waals surface area contributed by atoms with E-state index < -0.39 is 0 Å². The lowest BCUT2D eigenvalue weighted by atomic mass is 9.87. The maximum Gasteiger partial charge on any atom is -0.0213 e. The Hall–Kier alpha value is -0.780. The van der Waals surface area contributed by atoms with Gasteiger partial charge >= 0.3 is 0 Å². The maximum absolute atomic E-state index is 2.52. The Labute approximate surface area is 100 Å². The number of fused-ring (bicyclic) bond motifs is 2. The van der Waals surface area contributed by atoms with Crippen LogP contribution in [-0.4, -0.2) is 0 Å². The summed E-state index contributed by atoms with van der Waals surface area (Å²) in [7, 11) is 0. The van der Waals surface area contributed by atoms with Crippen molar-refractivity contribution in [1.29, 1.82) is 0 Å². The van der Waals surface area contributed by atoms with Crippen LogP contribution in [0.15, 0.2) is 6.07 Å². The molecule has 0 saturated carbocycles. The van der Waals surface area contributed by atoms with Crippen LogP contribution in [0.4, 0.5) is 0 Å². The summed E-state index contributed by atoms with van der Waals surface area (Å²) in [4.78, 5) is 0. The Bertz CT molecular complexity index is 367. The van der Waals surface area contributed by atoms with Crippen molar-refractivity contribution in [2.75, 3.05) is 0 Å². The zero-order chi connectivity index (χ0) is 10.4. The van der Waals surface area contributed by atoms with Crippen molar-refractivity contribution < 1.29 is 0 Å². The fraction of sp³-hybridized carbons (Fsp3) is 0.625. The van der Waals surface area contributed by atoms with E-state index in [0.717, 1.165) is 5.92 Å². The van der Waals surface area contributed by atoms with Gasteiger partial charge in [-0.1, -0.05) is 27.3 Å². The predicted molar refractivity (Wildman–Crippen MR) is 71.3 cm³/mol. The zero-order valence-electron chi connectivity index (χ0n) is 9.90. The molecule has 0 aromatic heterocycles. The monoisotopic (exact) mass is 216 g/mol. The van der Waals surface area contributed by atoms with Crippen LogP contribution in [0.2, 0.25) is 0 Å². The van der Waals surface area contributed by atoms with E-state index in [1.165, 1.54) is 38.5 Å². The van der Waals surface area contributed by atoms with E-state index in [9.17, 15) is 0 Å². The van der Waals surface area contributed by atoms with E-state index in [1.54, 1.807) is 27.8 Å². The predicted octanol–water partition coefficient (Wildman–Crippen LogP) is 4.42. The van der Waals surface area contributed by atoms with E-state index in [0.29, 0.717) is 0 Å². The molecule has 0 N–H and O–H groups in total. The highest BCUT2D eigenvalue weighted by atomic mass is 14.3. The smallest absolute Gasteiger partial charge is 0.0213 e. The van der Waals surface area contributed by atoms with Gasteiger partial charge in [-0.2, -0.15) is 0 Å². The molecule has 0 nitrogen and oxygen atoms in total. The first-order chi connectivity index (χ1) is 7.27. The summed E-state index contributed by atoms with van der Waals surface area (Å²) in [6, 6.07) is 2.52. The highest BCUT2D eigenvalue weighted by molar-refractivity contribution is 5.51. The van der Waals surface area contributed by atoms with Crippen molar-refractivity contribution in [2.45, 2.75) is 65.7 Å². The van der Waals surface area contributed by atoms with Crippen LogP contribution in [0.25, 0.3) is 0 Å². The van der Waals surface area contributed by atoms with Crippen LogP contribution in [0, 0.1) is 0 Å². The lowest BCUT2D eigenvalue weighted by Crippen LogP contribution is -2.02. The first kappa shape index (κ1) is 11.7. The van der Waals surface area contributed by atoms with E-state index in [4.69, 9.17) is 0 Å². The minimum atomic E-state index is 0. The Morgan fingerprint density at radius 2 is 1.38 bits per heavy atom. The summed E-state index contributed by atoms with van der Waals surface area (Å²) in [6.07, 6.45) is 8.13. The van der Waals surface area contributed by atoms with Gasteiger partial charge in [0.2, 0.25) is 0 Å². The molecule has 0 fully saturated rings. The summed E-state index contributed by atoms with van der Waals surface area (Å²) in [5.74, 6) is 0.727. The van der Waals surface area contributed by atoms with Crippen LogP contribution >= 0.6 is 0 Å². The molecule has 0 saturated heterocycles. The molecular weight excluding hydrogens is 192 g/mol. The van der Waals surface area contributed by atoms with Crippen molar-refractivity contribution in [3.05, 3.63) is 33.9 Å². The highest BCUT2D eigenvalue weighted by Gasteiger charge is 2.24. The third-order valence-corrected chi connectivity index (χ3v) is 4.10. The molecule has 88 valence electrons. The maximum atomic E-state index is 2.52. The summed E-state index contributed by atoms with van der Waals surface area (Å²) in [5, 5.41) is 0. The molecule has 0 aliphatic heterocycles. The third kappa shape index (κ3) is 1.59. The first-order valence-corrected chi connectivity index (χ1v) is 6.43. The minimum Gasteiger partial charge on any atom is -0.0776 e. The molecule has 3 rings (SSSR count). The quantitative estimate of drug-likeness (QED) is 0.651. The van der Waals surface area contributed by atoms with Gasteiger partial charge in [-0.3, -0.25) is 0 Å². The highest BCUT2D eigenvalue weighted by Crippen LogP contribution is 2.38. The Morgan fingerprint density at radius 3 is 1.81 bits per heavy atom. The van der Waals surface area contributed by atoms with E-state index in [2.05, 4.69) is 19.9 Å². The molecule has 0 atom stereocenters. The van der Waals surface area contributed by atoms with Gasteiger partial charge in [0.05, 0.1) is 0 Å². The van der Waals surface area contributed by atoms with Crippen LogP contribution < -0.4 is 0 Å². The molecule has 0 heteroatoms. The summed E-state index contributed by atoms with van der Waals surface area (Å²) in [6.45, 7) is 4.74. The molecule has 2 aliphatic rings. The van der Waals surface area contributed by atoms with Gasteiger partial charge in [-0.25, -0.2) is 0 Å². The van der Waals surface area contributed by atoms with Gasteiger partial charge in [0, 0.05) is 0 Å². The Morgan fingerprint density at radius 1 is 0.875 bits per heavy atom. The SMILES string of the molecule is C.CC(C)c1c2c(cc3c1CCC3)CCC2. The fourth-order valence-corrected chi connectivity index (χ4v) is 3.56. The molecule has 0 spiro atoms. The Balaban J connectivity index is 0.000000963. The fourth-order valence-electron chi connectivity index (χ4n) is 3.56. The van der Waals surface area contributed by atoms with Gasteiger partial charge in [-0.15, -0.1) is 0 Å². The molecule has 0 amide bonds. The summed E-state index contributed by atoms with van der Waals surface area (Å²) >= 11 is 0. The second-order valence-electron chi connectivity index (χ2n) is 5.43. The molecule has 2 aliphatic carbocycles. The number of hydrogen-bond donors (Lipinski definition) is 0. The normalized spacial score (nSPS) is 17.2. The summed E-state index contributed by atoms with van der Waals surface area (Å²) in [5.41, 5.74) is 8.55. The average molecular weight is 216 g/mol. The van der Waals surface area contributed by atoms with Gasteiger partial charge in [0.25, 0.3) is 0 Å². The molecule has 0 unspecified atom stereocenters. The van der Waals surface area contributed by atoms with Crippen molar-refractivity contribution >= 4 is 0 Å². The van der Waals surface area contributed by atoms with E-state index in [1.807, 2.05) is 0 Å². The lowest BCUT2D eigenvalue weighted by Gasteiger charge is -2.17. The summed E-state index contributed by atoms with van der Waals surface area (Å²) < 4.78 is 0. The number of benzene rings is 1. The van der Waals surface area contributed by atoms with Crippen LogP contribution in [0.5, 0.6) is 0 Å². The van der Waals surface area contributed by atoms with Crippen LogP contribution in [-0.2, 0) is 25.7 Å². The topological polar surface area (TPSA) is 0 Å². The van der Waals surface area contributed by atoms with Crippen molar-refractivity contribution in [1.82, 2.24) is 0 Å². The van der Waals surface area contributed by atoms with Crippen molar-refractivity contribution in [3.8, 4) is 0 Å². The van der Waals surface area contributed by atoms with Gasteiger partial charge in [0.1, 0.15) is 0 Å². The van der Waals surface area contributed by atoms with E-state index in [-0.39, 0.29) is 7.43 Å². The van der Waals surface area contributed by atoms with Crippen LogP contribution in [0.3, 0.4) is 0 Å². The Kier molecular flexibility index (Phi) is 3.10. The minimum absolute atomic E-state index is 0. The molecule has 0 bridgehead atoms. The number of hydrogen-bond acceptors (Lipinski definition) is 0. The average Bonchev–Trinajstić information content (AvgIpc) is 2.79. The van der Waals surface area contributed by atoms with E-state index >= 15 is 0 Å². The van der Waals surface area contributed by atoms with Gasteiger partial charge < -0.3 is 0 Å². The standard InChI is InChI=1S/C15H20.CH4/c1-10(2)15-13-7-3-5-11(13)9-12-6-4-8-14(12)15;/h9-10H,3-8H2,1-2H3;1H4. The largest absolute Gasteiger partial charge is 0.0776 e. The van der Waals surface area contributed by atoms with Gasteiger partial charge in [-0.05, 0) is 72.3 Å². The van der Waals surface area contributed by atoms with Crippen molar-refractivity contribution in [2.24, 2.45) is 0 Å². The van der Waals surface area contributed by atoms with Crippen LogP contribution in [0.1, 0.15) is 67.9 Å². The second kappa shape index (κ2) is 4.24. The van der Waals surface area contributed by atoms with Gasteiger partial charge in [0.15, 0.2) is 0 Å². The zero-order valence-corrected chi connectivity index (χ0v) is 9.90. The number of rotatable bonds is 1. The molecule has 1 aromatic rings. The molecular formula is C16H24. The molecule has 0 heterocycles.